The van der Waals surface area contributed by atoms with Crippen molar-refractivity contribution in [2.75, 3.05) is 13.2 Å². The fraction of sp³-hybridized carbons (Fsp3) is 0.571. The lowest BCUT2D eigenvalue weighted by atomic mass is 10.3. The summed E-state index contributed by atoms with van der Waals surface area (Å²) in [7, 11) is 0. The molecule has 2 heterocycles. The van der Waals surface area contributed by atoms with Crippen molar-refractivity contribution in [1.82, 2.24) is 4.90 Å². The van der Waals surface area contributed by atoms with E-state index < -0.39 is 0 Å². The molecular formula is C7H9NO2. The Hall–Kier alpha value is -0.990. The Morgan fingerprint density at radius 1 is 1.80 bits per heavy atom. The van der Waals surface area contributed by atoms with E-state index in [2.05, 4.69) is 6.08 Å². The number of carbonyl (C=O) groups excluding carboxylic acids is 1. The largest absolute Gasteiger partial charge is 0.447 e. The number of nitrogens with zero attached hydrogens (tertiary/aromatic N) is 1. The molecule has 1 fully saturated rings. The Bertz CT molecular complexity index is 210. The highest BCUT2D eigenvalue weighted by Crippen LogP contribution is 2.21. The highest BCUT2D eigenvalue weighted by Gasteiger charge is 2.34. The van der Waals surface area contributed by atoms with Crippen LogP contribution in [0.3, 0.4) is 0 Å². The summed E-state index contributed by atoms with van der Waals surface area (Å²) in [5, 5.41) is 0. The van der Waals surface area contributed by atoms with Gasteiger partial charge in [-0.2, -0.15) is 0 Å². The van der Waals surface area contributed by atoms with Crippen molar-refractivity contribution in [2.24, 2.45) is 0 Å². The third-order valence-corrected chi connectivity index (χ3v) is 1.91. The SMILES string of the molecule is CC1=CC2COC(=O)N2C1. The van der Waals surface area contributed by atoms with Gasteiger partial charge in [0, 0.05) is 6.54 Å². The quantitative estimate of drug-likeness (QED) is 0.464. The molecule has 0 aromatic heterocycles. The van der Waals surface area contributed by atoms with Crippen LogP contribution in [0.15, 0.2) is 11.6 Å². The molecule has 0 saturated carbocycles. The standard InChI is InChI=1S/C7H9NO2/c1-5-2-6-4-10-7(9)8(6)3-5/h2,6H,3-4H2,1H3. The Morgan fingerprint density at radius 3 is 3.30 bits per heavy atom. The number of hydrogen-bond acceptors (Lipinski definition) is 2. The van der Waals surface area contributed by atoms with Gasteiger partial charge in [-0.1, -0.05) is 11.6 Å². The normalized spacial score (nSPS) is 30.1. The molecule has 0 aliphatic carbocycles. The minimum Gasteiger partial charge on any atom is -0.447 e. The maximum absolute atomic E-state index is 10.9. The molecule has 3 nitrogen and oxygen atoms in total. The van der Waals surface area contributed by atoms with Gasteiger partial charge in [0.15, 0.2) is 0 Å². The molecule has 3 heteroatoms. The summed E-state index contributed by atoms with van der Waals surface area (Å²) in [4.78, 5) is 12.6. The van der Waals surface area contributed by atoms with Gasteiger partial charge in [-0.15, -0.1) is 0 Å². The van der Waals surface area contributed by atoms with Crippen LogP contribution in [-0.4, -0.2) is 30.2 Å². The van der Waals surface area contributed by atoms with Crippen LogP contribution >= 0.6 is 0 Å². The van der Waals surface area contributed by atoms with Crippen LogP contribution in [0.5, 0.6) is 0 Å². The van der Waals surface area contributed by atoms with Crippen LogP contribution in [0, 0.1) is 0 Å². The summed E-state index contributed by atoms with van der Waals surface area (Å²) >= 11 is 0. The zero-order chi connectivity index (χ0) is 7.14. The fourth-order valence-electron chi connectivity index (χ4n) is 1.43. The van der Waals surface area contributed by atoms with Crippen LogP contribution in [0.4, 0.5) is 4.79 Å². The van der Waals surface area contributed by atoms with Crippen molar-refractivity contribution in [1.29, 1.82) is 0 Å². The van der Waals surface area contributed by atoms with E-state index in [1.165, 1.54) is 5.57 Å². The predicted molar refractivity (Wildman–Crippen MR) is 35.6 cm³/mol. The Labute approximate surface area is 59.3 Å². The zero-order valence-electron chi connectivity index (χ0n) is 5.83. The topological polar surface area (TPSA) is 29.5 Å². The second-order valence-corrected chi connectivity index (χ2v) is 2.79. The average Bonchev–Trinajstić information content (AvgIpc) is 2.35. The average molecular weight is 139 g/mol. The zero-order valence-corrected chi connectivity index (χ0v) is 5.83. The van der Waals surface area contributed by atoms with E-state index in [9.17, 15) is 4.79 Å². The molecule has 0 aromatic carbocycles. The van der Waals surface area contributed by atoms with E-state index in [-0.39, 0.29) is 12.1 Å². The predicted octanol–water partition coefficient (Wildman–Crippen LogP) is 0.767. The number of cyclic esters (lactones) is 1. The van der Waals surface area contributed by atoms with Gasteiger partial charge in [-0.25, -0.2) is 4.79 Å². The molecular weight excluding hydrogens is 130 g/mol. The van der Waals surface area contributed by atoms with Crippen LogP contribution in [0.25, 0.3) is 0 Å². The third kappa shape index (κ3) is 0.632. The van der Waals surface area contributed by atoms with Crippen molar-refractivity contribution in [3.8, 4) is 0 Å². The lowest BCUT2D eigenvalue weighted by Gasteiger charge is -2.09. The van der Waals surface area contributed by atoms with Crippen molar-refractivity contribution in [2.45, 2.75) is 13.0 Å². The summed E-state index contributed by atoms with van der Waals surface area (Å²) < 4.78 is 4.81. The van der Waals surface area contributed by atoms with Gasteiger partial charge < -0.3 is 4.74 Å². The van der Waals surface area contributed by atoms with Gasteiger partial charge in [0.1, 0.15) is 6.61 Å². The molecule has 2 rings (SSSR count). The Morgan fingerprint density at radius 2 is 2.60 bits per heavy atom. The van der Waals surface area contributed by atoms with E-state index >= 15 is 0 Å². The number of rotatable bonds is 0. The fourth-order valence-corrected chi connectivity index (χ4v) is 1.43. The van der Waals surface area contributed by atoms with Gasteiger partial charge in [-0.3, -0.25) is 4.90 Å². The molecule has 1 atom stereocenters. The molecule has 2 aliphatic rings. The van der Waals surface area contributed by atoms with Gasteiger partial charge in [-0.05, 0) is 6.92 Å². The lowest BCUT2D eigenvalue weighted by Crippen LogP contribution is -2.27. The van der Waals surface area contributed by atoms with Crippen LogP contribution in [0.2, 0.25) is 0 Å². The van der Waals surface area contributed by atoms with E-state index in [0.29, 0.717) is 6.61 Å². The molecule has 1 saturated heterocycles. The first-order valence-corrected chi connectivity index (χ1v) is 3.38. The summed E-state index contributed by atoms with van der Waals surface area (Å²) in [6.45, 7) is 3.32. The van der Waals surface area contributed by atoms with Crippen LogP contribution in [0.1, 0.15) is 6.92 Å². The van der Waals surface area contributed by atoms with Gasteiger partial charge in [0.2, 0.25) is 0 Å². The molecule has 0 spiro atoms. The number of fused-ring (bicyclic) bond motifs is 1. The first-order valence-electron chi connectivity index (χ1n) is 3.38. The van der Waals surface area contributed by atoms with Crippen molar-refractivity contribution < 1.29 is 9.53 Å². The molecule has 10 heavy (non-hydrogen) atoms. The van der Waals surface area contributed by atoms with E-state index in [1.807, 2.05) is 6.92 Å². The molecule has 0 aromatic rings. The minimum atomic E-state index is -0.168. The summed E-state index contributed by atoms with van der Waals surface area (Å²) in [6.07, 6.45) is 1.92. The third-order valence-electron chi connectivity index (χ3n) is 1.91. The first kappa shape index (κ1) is 5.77. The molecule has 0 radical (unpaired) electrons. The maximum Gasteiger partial charge on any atom is 0.410 e. The Balaban J connectivity index is 2.21. The minimum absolute atomic E-state index is 0.168. The van der Waals surface area contributed by atoms with Crippen molar-refractivity contribution >= 4 is 6.09 Å². The molecule has 0 N–H and O–H groups in total. The molecule has 2 aliphatic heterocycles. The van der Waals surface area contributed by atoms with Gasteiger partial charge in [0.05, 0.1) is 6.04 Å². The van der Waals surface area contributed by atoms with E-state index in [1.54, 1.807) is 4.90 Å². The maximum atomic E-state index is 10.9. The van der Waals surface area contributed by atoms with E-state index in [4.69, 9.17) is 4.74 Å². The Kier molecular flexibility index (Phi) is 1.01. The smallest absolute Gasteiger partial charge is 0.410 e. The number of carbonyl (C=O) groups is 1. The van der Waals surface area contributed by atoms with Crippen molar-refractivity contribution in [3.05, 3.63) is 11.6 Å². The molecule has 54 valence electrons. The molecule has 1 unspecified atom stereocenters. The second-order valence-electron chi connectivity index (χ2n) is 2.79. The number of ether oxygens (including phenoxy) is 1. The van der Waals surface area contributed by atoms with Gasteiger partial charge in [0.25, 0.3) is 0 Å². The van der Waals surface area contributed by atoms with Crippen LogP contribution < -0.4 is 0 Å². The number of amides is 1. The molecule has 1 amide bonds. The monoisotopic (exact) mass is 139 g/mol. The van der Waals surface area contributed by atoms with Crippen LogP contribution in [-0.2, 0) is 4.74 Å². The van der Waals surface area contributed by atoms with E-state index in [0.717, 1.165) is 6.54 Å². The first-order chi connectivity index (χ1) is 4.77. The number of hydrogen-bond donors (Lipinski definition) is 0. The highest BCUT2D eigenvalue weighted by atomic mass is 16.6. The second kappa shape index (κ2) is 1.75. The summed E-state index contributed by atoms with van der Waals surface area (Å²) in [5.41, 5.74) is 1.27. The van der Waals surface area contributed by atoms with Crippen molar-refractivity contribution in [3.63, 3.8) is 0 Å². The molecule has 0 bridgehead atoms. The summed E-state index contributed by atoms with van der Waals surface area (Å²) in [5.74, 6) is 0. The summed E-state index contributed by atoms with van der Waals surface area (Å²) in [6, 6.07) is 0.229. The highest BCUT2D eigenvalue weighted by molar-refractivity contribution is 5.71. The van der Waals surface area contributed by atoms with Gasteiger partial charge >= 0.3 is 6.09 Å². The lowest BCUT2D eigenvalue weighted by molar-refractivity contribution is 0.160.